The fourth-order valence-electron chi connectivity index (χ4n) is 1.71. The maximum atomic E-state index is 11.4. The van der Waals surface area contributed by atoms with Crippen molar-refractivity contribution in [3.8, 4) is 0 Å². The molecule has 4 nitrogen and oxygen atoms in total. The van der Waals surface area contributed by atoms with Gasteiger partial charge in [-0.1, -0.05) is 15.9 Å². The molecular formula is C14H13Br2NO3. The number of anilines is 1. The Balaban J connectivity index is 2.13. The summed E-state index contributed by atoms with van der Waals surface area (Å²) in [6.07, 6.45) is 0. The van der Waals surface area contributed by atoms with Crippen molar-refractivity contribution in [3.63, 3.8) is 0 Å². The van der Waals surface area contributed by atoms with Crippen LogP contribution in [0.4, 0.5) is 5.69 Å². The molecule has 0 amide bonds. The number of furan rings is 1. The van der Waals surface area contributed by atoms with Gasteiger partial charge in [0.1, 0.15) is 5.76 Å². The average molecular weight is 403 g/mol. The number of carbonyl (C=O) groups excluding carboxylic acids is 1. The van der Waals surface area contributed by atoms with E-state index in [-0.39, 0.29) is 11.8 Å². The SMILES string of the molecule is COC(=O)c1ccc(C(C)Nc2ccc(Br)cc2Br)o1. The van der Waals surface area contributed by atoms with E-state index in [1.165, 1.54) is 7.11 Å². The quantitative estimate of drug-likeness (QED) is 0.748. The van der Waals surface area contributed by atoms with Crippen LogP contribution in [-0.2, 0) is 4.74 Å². The highest BCUT2D eigenvalue weighted by Crippen LogP contribution is 2.29. The molecule has 0 saturated carbocycles. The third-order valence-electron chi connectivity index (χ3n) is 2.74. The highest BCUT2D eigenvalue weighted by Gasteiger charge is 2.15. The molecule has 1 unspecified atom stereocenters. The molecule has 2 aromatic rings. The maximum Gasteiger partial charge on any atom is 0.373 e. The highest BCUT2D eigenvalue weighted by atomic mass is 79.9. The summed E-state index contributed by atoms with van der Waals surface area (Å²) in [5.41, 5.74) is 0.941. The molecule has 20 heavy (non-hydrogen) atoms. The van der Waals surface area contributed by atoms with Gasteiger partial charge in [-0.25, -0.2) is 4.79 Å². The van der Waals surface area contributed by atoms with Crippen molar-refractivity contribution in [2.45, 2.75) is 13.0 Å². The topological polar surface area (TPSA) is 51.5 Å². The first-order valence-corrected chi connectivity index (χ1v) is 7.49. The van der Waals surface area contributed by atoms with Gasteiger partial charge in [0.15, 0.2) is 0 Å². The van der Waals surface area contributed by atoms with Crippen molar-refractivity contribution >= 4 is 43.5 Å². The second kappa shape index (κ2) is 6.45. The van der Waals surface area contributed by atoms with Gasteiger partial charge < -0.3 is 14.5 Å². The summed E-state index contributed by atoms with van der Waals surface area (Å²) in [5.74, 6) is 0.388. The molecule has 0 bridgehead atoms. The molecule has 2 rings (SSSR count). The van der Waals surface area contributed by atoms with Crippen LogP contribution in [0.3, 0.4) is 0 Å². The van der Waals surface area contributed by atoms with Gasteiger partial charge in [-0.05, 0) is 53.2 Å². The van der Waals surface area contributed by atoms with Crippen LogP contribution < -0.4 is 5.32 Å². The zero-order valence-corrected chi connectivity index (χ0v) is 14.1. The molecule has 1 aromatic carbocycles. The number of benzene rings is 1. The van der Waals surface area contributed by atoms with Gasteiger partial charge in [-0.15, -0.1) is 0 Å². The molecule has 6 heteroatoms. The average Bonchev–Trinajstić information content (AvgIpc) is 2.90. The predicted octanol–water partition coefficient (Wildman–Crippen LogP) is 4.76. The van der Waals surface area contributed by atoms with Crippen LogP contribution in [0.5, 0.6) is 0 Å². The minimum Gasteiger partial charge on any atom is -0.463 e. The zero-order valence-electron chi connectivity index (χ0n) is 10.9. The van der Waals surface area contributed by atoms with E-state index < -0.39 is 5.97 Å². The Hall–Kier alpha value is -1.27. The highest BCUT2D eigenvalue weighted by molar-refractivity contribution is 9.11. The van der Waals surface area contributed by atoms with E-state index >= 15 is 0 Å². The summed E-state index contributed by atoms with van der Waals surface area (Å²) in [5, 5.41) is 3.31. The molecule has 0 aliphatic carbocycles. The molecule has 0 aliphatic heterocycles. The number of esters is 1. The molecule has 1 atom stereocenters. The van der Waals surface area contributed by atoms with Crippen molar-refractivity contribution < 1.29 is 13.9 Å². The van der Waals surface area contributed by atoms with Gasteiger partial charge in [0.05, 0.1) is 13.2 Å². The predicted molar refractivity (Wildman–Crippen MR) is 83.9 cm³/mol. The van der Waals surface area contributed by atoms with Gasteiger partial charge in [-0.3, -0.25) is 0 Å². The number of hydrogen-bond acceptors (Lipinski definition) is 4. The molecule has 0 spiro atoms. The number of ether oxygens (including phenoxy) is 1. The van der Waals surface area contributed by atoms with Gasteiger partial charge in [0.2, 0.25) is 5.76 Å². The summed E-state index contributed by atoms with van der Waals surface area (Å²) in [6.45, 7) is 1.95. The Morgan fingerprint density at radius 2 is 2.05 bits per heavy atom. The minimum atomic E-state index is -0.478. The number of halogens is 2. The Morgan fingerprint density at radius 3 is 2.70 bits per heavy atom. The first-order chi connectivity index (χ1) is 9.51. The number of hydrogen-bond donors (Lipinski definition) is 1. The number of methoxy groups -OCH3 is 1. The Kier molecular flexibility index (Phi) is 4.88. The number of rotatable bonds is 4. The maximum absolute atomic E-state index is 11.4. The Morgan fingerprint density at radius 1 is 1.30 bits per heavy atom. The normalized spacial score (nSPS) is 12.0. The summed E-state index contributed by atoms with van der Waals surface area (Å²) < 4.78 is 12.0. The fraction of sp³-hybridized carbons (Fsp3) is 0.214. The summed E-state index contributed by atoms with van der Waals surface area (Å²) in [6, 6.07) is 9.14. The van der Waals surface area contributed by atoms with Gasteiger partial charge in [0.25, 0.3) is 0 Å². The minimum absolute atomic E-state index is 0.0779. The van der Waals surface area contributed by atoms with Crippen LogP contribution in [-0.4, -0.2) is 13.1 Å². The van der Waals surface area contributed by atoms with E-state index in [1.807, 2.05) is 25.1 Å². The molecule has 0 aliphatic rings. The van der Waals surface area contributed by atoms with Crippen molar-refractivity contribution in [3.05, 3.63) is 50.8 Å². The molecule has 0 fully saturated rings. The van der Waals surface area contributed by atoms with Crippen molar-refractivity contribution in [1.29, 1.82) is 0 Å². The van der Waals surface area contributed by atoms with E-state index in [2.05, 4.69) is 41.9 Å². The first kappa shape index (κ1) is 15.1. The van der Waals surface area contributed by atoms with Crippen LogP contribution in [0.25, 0.3) is 0 Å². The lowest BCUT2D eigenvalue weighted by molar-refractivity contribution is 0.0562. The van der Waals surface area contributed by atoms with Crippen LogP contribution in [0, 0.1) is 0 Å². The van der Waals surface area contributed by atoms with Crippen LogP contribution in [0.15, 0.2) is 43.7 Å². The van der Waals surface area contributed by atoms with Crippen molar-refractivity contribution in [2.24, 2.45) is 0 Å². The molecule has 0 radical (unpaired) electrons. The standard InChI is InChI=1S/C14H13Br2NO3/c1-8(12-5-6-13(20-12)14(18)19-2)17-11-4-3-9(15)7-10(11)16/h3-8,17H,1-2H3. The molecule has 1 N–H and O–H groups in total. The Bertz CT molecular complexity index is 625. The monoisotopic (exact) mass is 401 g/mol. The van der Waals surface area contributed by atoms with Crippen molar-refractivity contribution in [1.82, 2.24) is 0 Å². The van der Waals surface area contributed by atoms with Gasteiger partial charge >= 0.3 is 5.97 Å². The zero-order chi connectivity index (χ0) is 14.7. The van der Waals surface area contributed by atoms with E-state index in [9.17, 15) is 4.79 Å². The van der Waals surface area contributed by atoms with E-state index in [4.69, 9.17) is 4.42 Å². The number of carbonyl (C=O) groups is 1. The lowest BCUT2D eigenvalue weighted by Crippen LogP contribution is -2.06. The third kappa shape index (κ3) is 3.43. The van der Waals surface area contributed by atoms with E-state index in [0.717, 1.165) is 14.6 Å². The van der Waals surface area contributed by atoms with Crippen LogP contribution in [0.2, 0.25) is 0 Å². The van der Waals surface area contributed by atoms with Crippen LogP contribution >= 0.6 is 31.9 Å². The van der Waals surface area contributed by atoms with Crippen LogP contribution in [0.1, 0.15) is 29.3 Å². The molecule has 1 aromatic heterocycles. The largest absolute Gasteiger partial charge is 0.463 e. The Labute approximate surface area is 133 Å². The second-order valence-electron chi connectivity index (χ2n) is 4.18. The van der Waals surface area contributed by atoms with Gasteiger partial charge in [0, 0.05) is 14.6 Å². The lowest BCUT2D eigenvalue weighted by atomic mass is 10.2. The van der Waals surface area contributed by atoms with E-state index in [0.29, 0.717) is 5.76 Å². The summed E-state index contributed by atoms with van der Waals surface area (Å²) in [7, 11) is 1.32. The molecule has 0 saturated heterocycles. The van der Waals surface area contributed by atoms with Gasteiger partial charge in [-0.2, -0.15) is 0 Å². The second-order valence-corrected chi connectivity index (χ2v) is 5.95. The van der Waals surface area contributed by atoms with Crippen molar-refractivity contribution in [2.75, 3.05) is 12.4 Å². The van der Waals surface area contributed by atoms with E-state index in [1.54, 1.807) is 12.1 Å². The molecule has 1 heterocycles. The smallest absolute Gasteiger partial charge is 0.373 e. The first-order valence-electron chi connectivity index (χ1n) is 5.91. The molecular weight excluding hydrogens is 390 g/mol. The lowest BCUT2D eigenvalue weighted by Gasteiger charge is -2.14. The fourth-order valence-corrected chi connectivity index (χ4v) is 2.87. The molecule has 106 valence electrons. The summed E-state index contributed by atoms with van der Waals surface area (Å²) >= 11 is 6.90. The summed E-state index contributed by atoms with van der Waals surface area (Å²) in [4.78, 5) is 11.4. The number of nitrogens with one attached hydrogen (secondary N) is 1. The third-order valence-corrected chi connectivity index (χ3v) is 3.89.